The van der Waals surface area contributed by atoms with Crippen LogP contribution in [0.3, 0.4) is 0 Å². The predicted octanol–water partition coefficient (Wildman–Crippen LogP) is 2.03. The number of amides is 1. The van der Waals surface area contributed by atoms with E-state index in [1.165, 1.54) is 11.3 Å². The first kappa shape index (κ1) is 14.2. The quantitative estimate of drug-likeness (QED) is 0.922. The molecule has 0 aliphatic carbocycles. The molecule has 0 saturated carbocycles. The van der Waals surface area contributed by atoms with E-state index in [1.807, 2.05) is 17.0 Å². The number of nitrogens with one attached hydrogen (secondary N) is 1. The molecule has 0 bridgehead atoms. The summed E-state index contributed by atoms with van der Waals surface area (Å²) >= 11 is 1.44. The van der Waals surface area contributed by atoms with Gasteiger partial charge in [-0.25, -0.2) is 4.98 Å². The largest absolute Gasteiger partial charge is 0.335 e. The molecular weight excluding hydrogens is 284 g/mol. The van der Waals surface area contributed by atoms with Crippen LogP contribution in [0.1, 0.15) is 23.5 Å². The van der Waals surface area contributed by atoms with Crippen LogP contribution in [0.15, 0.2) is 30.7 Å². The lowest BCUT2D eigenvalue weighted by molar-refractivity contribution is 0.0678. The molecule has 1 N–H and O–H groups in total. The third kappa shape index (κ3) is 3.11. The number of carbonyl (C=O) groups excluding carboxylic acids is 1. The molecule has 2 aromatic heterocycles. The molecule has 6 heteroatoms. The van der Waals surface area contributed by atoms with Crippen molar-refractivity contribution < 1.29 is 4.79 Å². The third-order valence-corrected chi connectivity index (χ3v) is 4.52. The molecule has 0 spiro atoms. The minimum atomic E-state index is 0.0769. The monoisotopic (exact) mass is 302 g/mol. The Labute approximate surface area is 128 Å². The molecule has 1 fully saturated rings. The fraction of sp³-hybridized carbons (Fsp3) is 0.400. The Bertz CT molecular complexity index is 618. The number of hydrogen-bond acceptors (Lipinski definition) is 5. The standard InChI is InChI=1S/C15H18N4OS/c1-10-8-19(9-11(2)18-10)15(20)13-7-17-14(21-13)12-3-5-16-6-4-12/h3-7,10-11,18H,8-9H2,1-2H3/t10-,11-/m0/s1. The van der Waals surface area contributed by atoms with Crippen molar-refractivity contribution in [3.63, 3.8) is 0 Å². The molecule has 3 rings (SSSR count). The van der Waals surface area contributed by atoms with Gasteiger partial charge in [0.25, 0.3) is 5.91 Å². The Hall–Kier alpha value is -1.79. The third-order valence-electron chi connectivity index (χ3n) is 3.49. The van der Waals surface area contributed by atoms with Gasteiger partial charge in [-0.15, -0.1) is 11.3 Å². The number of rotatable bonds is 2. The second kappa shape index (κ2) is 5.91. The maximum absolute atomic E-state index is 12.6. The lowest BCUT2D eigenvalue weighted by Crippen LogP contribution is -2.55. The van der Waals surface area contributed by atoms with Crippen LogP contribution >= 0.6 is 11.3 Å². The van der Waals surface area contributed by atoms with Crippen LogP contribution in [0.2, 0.25) is 0 Å². The number of piperazine rings is 1. The van der Waals surface area contributed by atoms with Crippen molar-refractivity contribution >= 4 is 17.2 Å². The van der Waals surface area contributed by atoms with Gasteiger partial charge in [0.15, 0.2) is 0 Å². The summed E-state index contributed by atoms with van der Waals surface area (Å²) in [6, 6.07) is 4.46. The molecule has 3 heterocycles. The lowest BCUT2D eigenvalue weighted by atomic mass is 10.1. The van der Waals surface area contributed by atoms with E-state index in [9.17, 15) is 4.79 Å². The van der Waals surface area contributed by atoms with Crippen LogP contribution in [0.25, 0.3) is 10.6 Å². The van der Waals surface area contributed by atoms with Crippen molar-refractivity contribution in [3.8, 4) is 10.6 Å². The van der Waals surface area contributed by atoms with E-state index in [0.717, 1.165) is 23.7 Å². The molecule has 5 nitrogen and oxygen atoms in total. The van der Waals surface area contributed by atoms with Crippen LogP contribution in [0.5, 0.6) is 0 Å². The maximum Gasteiger partial charge on any atom is 0.265 e. The minimum Gasteiger partial charge on any atom is -0.335 e. The topological polar surface area (TPSA) is 58.1 Å². The molecule has 1 saturated heterocycles. The summed E-state index contributed by atoms with van der Waals surface area (Å²) in [6.07, 6.45) is 5.15. The Morgan fingerprint density at radius 3 is 2.62 bits per heavy atom. The number of hydrogen-bond donors (Lipinski definition) is 1. The summed E-state index contributed by atoms with van der Waals surface area (Å²) < 4.78 is 0. The van der Waals surface area contributed by atoms with Gasteiger partial charge >= 0.3 is 0 Å². The van der Waals surface area contributed by atoms with Gasteiger partial charge in [0.05, 0.1) is 6.20 Å². The second-order valence-electron chi connectivity index (χ2n) is 5.44. The van der Waals surface area contributed by atoms with Crippen molar-refractivity contribution in [2.45, 2.75) is 25.9 Å². The Morgan fingerprint density at radius 2 is 1.95 bits per heavy atom. The van der Waals surface area contributed by atoms with Crippen LogP contribution in [-0.4, -0.2) is 45.9 Å². The molecule has 2 atom stereocenters. The van der Waals surface area contributed by atoms with Crippen molar-refractivity contribution in [1.29, 1.82) is 0 Å². The highest BCUT2D eigenvalue weighted by Crippen LogP contribution is 2.25. The number of aromatic nitrogens is 2. The Kier molecular flexibility index (Phi) is 3.98. The number of nitrogens with zero attached hydrogens (tertiary/aromatic N) is 3. The van der Waals surface area contributed by atoms with Crippen molar-refractivity contribution in [1.82, 2.24) is 20.2 Å². The average Bonchev–Trinajstić information content (AvgIpc) is 2.96. The Morgan fingerprint density at radius 1 is 1.29 bits per heavy atom. The van der Waals surface area contributed by atoms with E-state index in [-0.39, 0.29) is 5.91 Å². The molecule has 1 aliphatic rings. The predicted molar refractivity (Wildman–Crippen MR) is 83.3 cm³/mol. The van der Waals surface area contributed by atoms with Crippen LogP contribution in [0.4, 0.5) is 0 Å². The van der Waals surface area contributed by atoms with E-state index in [4.69, 9.17) is 0 Å². The van der Waals surface area contributed by atoms with Gasteiger partial charge in [-0.1, -0.05) is 0 Å². The molecule has 2 aromatic rings. The van der Waals surface area contributed by atoms with Crippen LogP contribution in [0, 0.1) is 0 Å². The molecular formula is C15H18N4OS. The minimum absolute atomic E-state index is 0.0769. The van der Waals surface area contributed by atoms with E-state index in [1.54, 1.807) is 18.6 Å². The lowest BCUT2D eigenvalue weighted by Gasteiger charge is -2.35. The van der Waals surface area contributed by atoms with E-state index >= 15 is 0 Å². The Balaban J connectivity index is 1.78. The first-order valence-corrected chi connectivity index (χ1v) is 7.86. The summed E-state index contributed by atoms with van der Waals surface area (Å²) in [6.45, 7) is 5.69. The second-order valence-corrected chi connectivity index (χ2v) is 6.48. The van der Waals surface area contributed by atoms with Crippen molar-refractivity contribution in [2.75, 3.05) is 13.1 Å². The van der Waals surface area contributed by atoms with Gasteiger partial charge < -0.3 is 10.2 Å². The van der Waals surface area contributed by atoms with E-state index < -0.39 is 0 Å². The summed E-state index contributed by atoms with van der Waals surface area (Å²) in [5.41, 5.74) is 0.996. The zero-order valence-corrected chi connectivity index (χ0v) is 12.9. The van der Waals surface area contributed by atoms with E-state index in [2.05, 4.69) is 29.1 Å². The fourth-order valence-corrected chi connectivity index (χ4v) is 3.54. The smallest absolute Gasteiger partial charge is 0.265 e. The average molecular weight is 302 g/mol. The zero-order valence-electron chi connectivity index (χ0n) is 12.1. The van der Waals surface area contributed by atoms with Gasteiger partial charge in [0.2, 0.25) is 0 Å². The molecule has 0 unspecified atom stereocenters. The summed E-state index contributed by atoms with van der Waals surface area (Å²) in [4.78, 5) is 23.6. The zero-order chi connectivity index (χ0) is 14.8. The van der Waals surface area contributed by atoms with Gasteiger partial charge in [0, 0.05) is 43.1 Å². The molecule has 1 amide bonds. The van der Waals surface area contributed by atoms with Crippen LogP contribution < -0.4 is 5.32 Å². The van der Waals surface area contributed by atoms with Gasteiger partial charge in [-0.3, -0.25) is 9.78 Å². The first-order valence-electron chi connectivity index (χ1n) is 7.05. The molecule has 21 heavy (non-hydrogen) atoms. The number of thiazole rings is 1. The van der Waals surface area contributed by atoms with Crippen LogP contribution in [-0.2, 0) is 0 Å². The van der Waals surface area contributed by atoms with Gasteiger partial charge in [0.1, 0.15) is 9.88 Å². The van der Waals surface area contributed by atoms with E-state index in [0.29, 0.717) is 17.0 Å². The highest BCUT2D eigenvalue weighted by Gasteiger charge is 2.26. The fourth-order valence-electron chi connectivity index (χ4n) is 2.65. The SMILES string of the molecule is C[C@H]1CN(C(=O)c2cnc(-c3ccncc3)s2)C[C@H](C)N1. The summed E-state index contributed by atoms with van der Waals surface area (Å²) in [5, 5.41) is 4.29. The molecule has 0 aromatic carbocycles. The van der Waals surface area contributed by atoms with Gasteiger partial charge in [-0.2, -0.15) is 0 Å². The summed E-state index contributed by atoms with van der Waals surface area (Å²) in [7, 11) is 0. The van der Waals surface area contributed by atoms with Crippen molar-refractivity contribution in [2.24, 2.45) is 0 Å². The molecule has 0 radical (unpaired) electrons. The number of carbonyl (C=O) groups is 1. The maximum atomic E-state index is 12.6. The highest BCUT2D eigenvalue weighted by atomic mass is 32.1. The number of pyridine rings is 1. The molecule has 1 aliphatic heterocycles. The summed E-state index contributed by atoms with van der Waals surface area (Å²) in [5.74, 6) is 0.0769. The molecule has 110 valence electrons. The normalized spacial score (nSPS) is 22.3. The van der Waals surface area contributed by atoms with Gasteiger partial charge in [-0.05, 0) is 26.0 Å². The van der Waals surface area contributed by atoms with Crippen molar-refractivity contribution in [3.05, 3.63) is 35.6 Å². The first-order chi connectivity index (χ1) is 10.1. The highest BCUT2D eigenvalue weighted by molar-refractivity contribution is 7.16.